The second kappa shape index (κ2) is 14.1. The number of fused-ring (bicyclic) bond motifs is 5. The van der Waals surface area contributed by atoms with Crippen LogP contribution in [-0.4, -0.2) is 4.57 Å². The molecule has 2 nitrogen and oxygen atoms in total. The minimum Gasteiger partial charge on any atom is -0.310 e. The van der Waals surface area contributed by atoms with Crippen LogP contribution in [0.3, 0.4) is 0 Å². The summed E-state index contributed by atoms with van der Waals surface area (Å²) in [6.45, 7) is 0. The smallest absolute Gasteiger partial charge is 0.0542 e. The van der Waals surface area contributed by atoms with E-state index in [1.807, 2.05) is 0 Å². The molecule has 0 N–H and O–H groups in total. The normalized spacial score (nSPS) is 11.4. The van der Waals surface area contributed by atoms with Crippen molar-refractivity contribution >= 4 is 60.4 Å². The van der Waals surface area contributed by atoms with Crippen LogP contribution in [0.25, 0.3) is 82.4 Å². The van der Waals surface area contributed by atoms with Crippen LogP contribution in [0.5, 0.6) is 0 Å². The van der Waals surface area contributed by atoms with E-state index in [2.05, 4.69) is 240 Å². The number of anilines is 3. The summed E-state index contributed by atoms with van der Waals surface area (Å²) in [5.41, 5.74) is 14.2. The number of para-hydroxylation sites is 2. The summed E-state index contributed by atoms with van der Waals surface area (Å²) in [5.74, 6) is 0. The van der Waals surface area contributed by atoms with Gasteiger partial charge in [-0.3, -0.25) is 0 Å². The number of rotatable bonds is 7. The maximum Gasteiger partial charge on any atom is 0.0542 e. The van der Waals surface area contributed by atoms with E-state index >= 15 is 0 Å². The lowest BCUT2D eigenvalue weighted by Gasteiger charge is -2.26. The van der Waals surface area contributed by atoms with Gasteiger partial charge in [-0.05, 0) is 122 Å². The zero-order valence-corrected chi connectivity index (χ0v) is 31.8. The first kappa shape index (κ1) is 33.6. The van der Waals surface area contributed by atoms with Crippen molar-refractivity contribution in [2.24, 2.45) is 0 Å². The highest BCUT2D eigenvalue weighted by atomic mass is 15.1. The summed E-state index contributed by atoms with van der Waals surface area (Å²) in [5, 5.41) is 7.46. The van der Waals surface area contributed by atoms with E-state index in [9.17, 15) is 0 Å². The van der Waals surface area contributed by atoms with Gasteiger partial charge in [-0.1, -0.05) is 164 Å². The Morgan fingerprint density at radius 3 is 1.22 bits per heavy atom. The Balaban J connectivity index is 1.09. The minimum atomic E-state index is 1.10. The summed E-state index contributed by atoms with van der Waals surface area (Å²) >= 11 is 0. The monoisotopic (exact) mass is 738 g/mol. The molecule has 0 unspecified atom stereocenters. The van der Waals surface area contributed by atoms with Crippen molar-refractivity contribution in [3.05, 3.63) is 231 Å². The summed E-state index contributed by atoms with van der Waals surface area (Å²) in [6.07, 6.45) is 0. The Kier molecular flexibility index (Phi) is 8.19. The molecule has 10 aromatic carbocycles. The number of hydrogen-bond acceptors (Lipinski definition) is 1. The second-order valence-electron chi connectivity index (χ2n) is 14.9. The van der Waals surface area contributed by atoms with Gasteiger partial charge in [0.25, 0.3) is 0 Å². The SMILES string of the molecule is c1ccc(-c2ccc3c(c2)c2cc(N(c4ccccc4)c4ccc(-c5c6ccccc6c(-c6ccccc6)c6ccccc56)cc4)ccc2n3-c2ccccc2)cc1. The summed E-state index contributed by atoms with van der Waals surface area (Å²) < 4.78 is 2.39. The van der Waals surface area contributed by atoms with E-state index in [-0.39, 0.29) is 0 Å². The lowest BCUT2D eigenvalue weighted by atomic mass is 9.86. The third kappa shape index (κ3) is 5.66. The molecule has 0 bridgehead atoms. The molecular formula is C56H38N2. The molecular weight excluding hydrogens is 701 g/mol. The van der Waals surface area contributed by atoms with E-state index in [0.717, 1.165) is 22.7 Å². The first-order chi connectivity index (χ1) is 28.8. The molecule has 0 spiro atoms. The Morgan fingerprint density at radius 2 is 0.655 bits per heavy atom. The number of hydrogen-bond donors (Lipinski definition) is 0. The molecule has 58 heavy (non-hydrogen) atoms. The van der Waals surface area contributed by atoms with E-state index < -0.39 is 0 Å². The van der Waals surface area contributed by atoms with Crippen molar-refractivity contribution in [2.45, 2.75) is 0 Å². The lowest BCUT2D eigenvalue weighted by molar-refractivity contribution is 1.18. The van der Waals surface area contributed by atoms with Crippen molar-refractivity contribution in [2.75, 3.05) is 4.90 Å². The van der Waals surface area contributed by atoms with Crippen LogP contribution >= 0.6 is 0 Å². The molecule has 0 radical (unpaired) electrons. The molecule has 0 saturated heterocycles. The Bertz CT molecular complexity index is 3180. The molecule has 2 heteroatoms. The first-order valence-electron chi connectivity index (χ1n) is 19.9. The Labute approximate surface area is 338 Å². The van der Waals surface area contributed by atoms with Crippen molar-refractivity contribution in [3.63, 3.8) is 0 Å². The molecule has 0 aliphatic heterocycles. The third-order valence-electron chi connectivity index (χ3n) is 11.6. The maximum atomic E-state index is 2.39. The van der Waals surface area contributed by atoms with E-state index in [1.165, 1.54) is 76.7 Å². The number of benzene rings is 10. The van der Waals surface area contributed by atoms with Crippen molar-refractivity contribution in [3.8, 4) is 39.1 Å². The van der Waals surface area contributed by atoms with Gasteiger partial charge in [-0.15, -0.1) is 0 Å². The molecule has 0 fully saturated rings. The zero-order valence-electron chi connectivity index (χ0n) is 31.8. The summed E-state index contributed by atoms with van der Waals surface area (Å²) in [6, 6.07) is 83.6. The molecule has 272 valence electrons. The van der Waals surface area contributed by atoms with E-state index in [0.29, 0.717) is 0 Å². The average Bonchev–Trinajstić information content (AvgIpc) is 3.63. The van der Waals surface area contributed by atoms with Crippen LogP contribution < -0.4 is 4.90 Å². The van der Waals surface area contributed by atoms with Gasteiger partial charge in [0.1, 0.15) is 0 Å². The van der Waals surface area contributed by atoms with Crippen molar-refractivity contribution < 1.29 is 0 Å². The van der Waals surface area contributed by atoms with Crippen molar-refractivity contribution in [1.82, 2.24) is 4.57 Å². The standard InChI is InChI=1S/C56H38N2/c1-5-17-39(18-6-1)42-31-35-53-51(37-42)52-38-46(34-36-54(52)58(53)44-23-11-4-12-24-44)57(43-21-9-3-10-22-43)45-32-29-41(30-33-45)56-49-27-15-13-25-47(49)55(40-19-7-2-8-20-40)48-26-14-16-28-50(48)56/h1-38H. The first-order valence-corrected chi connectivity index (χ1v) is 19.9. The van der Waals surface area contributed by atoms with Crippen LogP contribution in [0, 0.1) is 0 Å². The third-order valence-corrected chi connectivity index (χ3v) is 11.6. The molecule has 1 heterocycles. The topological polar surface area (TPSA) is 8.17 Å². The molecule has 0 aliphatic carbocycles. The number of nitrogens with zero attached hydrogens (tertiary/aromatic N) is 2. The minimum absolute atomic E-state index is 1.10. The highest BCUT2D eigenvalue weighted by molar-refractivity contribution is 6.21. The summed E-state index contributed by atoms with van der Waals surface area (Å²) in [4.78, 5) is 2.38. The predicted octanol–water partition coefficient (Wildman–Crippen LogP) is 15.6. The largest absolute Gasteiger partial charge is 0.310 e. The van der Waals surface area contributed by atoms with Gasteiger partial charge in [0.05, 0.1) is 11.0 Å². The Morgan fingerprint density at radius 1 is 0.259 bits per heavy atom. The molecule has 0 atom stereocenters. The molecule has 11 aromatic rings. The van der Waals surface area contributed by atoms with Gasteiger partial charge < -0.3 is 9.47 Å². The maximum absolute atomic E-state index is 2.39. The van der Waals surface area contributed by atoms with Crippen LogP contribution in [0.2, 0.25) is 0 Å². The van der Waals surface area contributed by atoms with Gasteiger partial charge in [-0.2, -0.15) is 0 Å². The highest BCUT2D eigenvalue weighted by Gasteiger charge is 2.20. The van der Waals surface area contributed by atoms with Gasteiger partial charge in [0, 0.05) is 33.5 Å². The van der Waals surface area contributed by atoms with Gasteiger partial charge in [-0.25, -0.2) is 0 Å². The fourth-order valence-corrected chi connectivity index (χ4v) is 8.97. The van der Waals surface area contributed by atoms with Crippen LogP contribution in [0.4, 0.5) is 17.1 Å². The van der Waals surface area contributed by atoms with E-state index in [4.69, 9.17) is 0 Å². The number of aromatic nitrogens is 1. The van der Waals surface area contributed by atoms with Gasteiger partial charge in [0.15, 0.2) is 0 Å². The molecule has 0 amide bonds. The highest BCUT2D eigenvalue weighted by Crippen LogP contribution is 2.45. The van der Waals surface area contributed by atoms with Gasteiger partial charge >= 0.3 is 0 Å². The fraction of sp³-hybridized carbons (Fsp3) is 0. The average molecular weight is 739 g/mol. The van der Waals surface area contributed by atoms with Crippen LogP contribution in [0.15, 0.2) is 231 Å². The van der Waals surface area contributed by atoms with Crippen LogP contribution in [-0.2, 0) is 0 Å². The molecule has 0 saturated carbocycles. The molecule has 1 aromatic heterocycles. The molecule has 11 rings (SSSR count). The zero-order chi connectivity index (χ0) is 38.4. The molecule has 0 aliphatic rings. The fourth-order valence-electron chi connectivity index (χ4n) is 8.97. The second-order valence-corrected chi connectivity index (χ2v) is 14.9. The summed E-state index contributed by atoms with van der Waals surface area (Å²) in [7, 11) is 0. The van der Waals surface area contributed by atoms with Gasteiger partial charge in [0.2, 0.25) is 0 Å². The van der Waals surface area contributed by atoms with Crippen LogP contribution in [0.1, 0.15) is 0 Å². The predicted molar refractivity (Wildman–Crippen MR) is 247 cm³/mol. The Hall–Kier alpha value is -7.68. The van der Waals surface area contributed by atoms with E-state index in [1.54, 1.807) is 0 Å². The quantitative estimate of drug-likeness (QED) is 0.148. The van der Waals surface area contributed by atoms with Crippen molar-refractivity contribution in [1.29, 1.82) is 0 Å². The lowest BCUT2D eigenvalue weighted by Crippen LogP contribution is -2.09.